The lowest BCUT2D eigenvalue weighted by Gasteiger charge is -2.30. The van der Waals surface area contributed by atoms with E-state index in [2.05, 4.69) is 72.9 Å². The van der Waals surface area contributed by atoms with Crippen LogP contribution in [0.2, 0.25) is 0 Å². The maximum Gasteiger partial charge on any atom is 0.213 e. The number of hydrogen-bond donors (Lipinski definition) is 1. The maximum atomic E-state index is 6.09. The normalized spacial score (nSPS) is 12.5. The summed E-state index contributed by atoms with van der Waals surface area (Å²) in [6.07, 6.45) is 7.91. The SMILES string of the molecule is CC(C)(CN)CCC(C)(C)Oc1ccc(/C=C/c2ccc(Br)cc2)cn1. The summed E-state index contributed by atoms with van der Waals surface area (Å²) < 4.78 is 7.17. The fraction of sp³-hybridized carbons (Fsp3) is 0.409. The van der Waals surface area contributed by atoms with Crippen molar-refractivity contribution in [1.82, 2.24) is 4.98 Å². The quantitative estimate of drug-likeness (QED) is 0.579. The Morgan fingerprint density at radius 1 is 0.962 bits per heavy atom. The van der Waals surface area contributed by atoms with Gasteiger partial charge in [-0.05, 0) is 68.0 Å². The second-order valence-electron chi connectivity index (χ2n) is 8.04. The summed E-state index contributed by atoms with van der Waals surface area (Å²) in [6, 6.07) is 12.1. The van der Waals surface area contributed by atoms with Gasteiger partial charge in [-0.2, -0.15) is 0 Å². The van der Waals surface area contributed by atoms with Gasteiger partial charge in [-0.25, -0.2) is 4.98 Å². The highest BCUT2D eigenvalue weighted by Crippen LogP contribution is 2.28. The Kier molecular flexibility index (Phi) is 7.01. The topological polar surface area (TPSA) is 48.1 Å². The summed E-state index contributed by atoms with van der Waals surface area (Å²) in [5.41, 5.74) is 7.88. The van der Waals surface area contributed by atoms with Crippen LogP contribution in [0.5, 0.6) is 5.88 Å². The van der Waals surface area contributed by atoms with E-state index < -0.39 is 0 Å². The molecule has 0 amide bonds. The second-order valence-corrected chi connectivity index (χ2v) is 8.96. The van der Waals surface area contributed by atoms with Crippen molar-refractivity contribution in [1.29, 1.82) is 0 Å². The maximum absolute atomic E-state index is 6.09. The molecule has 0 aliphatic heterocycles. The second kappa shape index (κ2) is 8.83. The number of aromatic nitrogens is 1. The van der Waals surface area contributed by atoms with Gasteiger partial charge in [0.2, 0.25) is 5.88 Å². The molecule has 0 atom stereocenters. The van der Waals surface area contributed by atoms with E-state index in [4.69, 9.17) is 10.5 Å². The van der Waals surface area contributed by atoms with Gasteiger partial charge < -0.3 is 10.5 Å². The number of ether oxygens (including phenoxy) is 1. The molecule has 0 aliphatic carbocycles. The van der Waals surface area contributed by atoms with E-state index in [1.165, 1.54) is 0 Å². The molecule has 140 valence electrons. The molecule has 2 aromatic rings. The van der Waals surface area contributed by atoms with Crippen molar-refractivity contribution in [2.45, 2.75) is 46.1 Å². The molecule has 3 nitrogen and oxygen atoms in total. The summed E-state index contributed by atoms with van der Waals surface area (Å²) in [6.45, 7) is 9.26. The van der Waals surface area contributed by atoms with Gasteiger partial charge in [0.25, 0.3) is 0 Å². The van der Waals surface area contributed by atoms with Crippen LogP contribution >= 0.6 is 15.9 Å². The standard InChI is InChI=1S/C22H29BrN2O/c1-21(2,16-24)13-14-22(3,4)26-20-12-9-18(15-25-20)6-5-17-7-10-19(23)11-8-17/h5-12,15H,13-14,16,24H2,1-4H3/b6-5+. The van der Waals surface area contributed by atoms with Crippen molar-refractivity contribution in [3.05, 3.63) is 58.2 Å². The Hall–Kier alpha value is -1.65. The van der Waals surface area contributed by atoms with E-state index in [-0.39, 0.29) is 11.0 Å². The Morgan fingerprint density at radius 2 is 1.58 bits per heavy atom. The van der Waals surface area contributed by atoms with Gasteiger partial charge in [-0.3, -0.25) is 0 Å². The molecule has 0 fully saturated rings. The molecule has 0 aliphatic rings. The first kappa shape index (κ1) is 20.7. The van der Waals surface area contributed by atoms with Gasteiger partial charge in [0.15, 0.2) is 0 Å². The minimum atomic E-state index is -0.270. The van der Waals surface area contributed by atoms with Crippen LogP contribution < -0.4 is 10.5 Å². The summed E-state index contributed by atoms with van der Waals surface area (Å²) in [5.74, 6) is 0.654. The molecule has 0 radical (unpaired) electrons. The number of nitrogens with two attached hydrogens (primary N) is 1. The number of nitrogens with zero attached hydrogens (tertiary/aromatic N) is 1. The van der Waals surface area contributed by atoms with Gasteiger partial charge in [-0.1, -0.05) is 54.1 Å². The van der Waals surface area contributed by atoms with Gasteiger partial charge in [0.05, 0.1) is 0 Å². The summed E-state index contributed by atoms with van der Waals surface area (Å²) in [7, 11) is 0. The molecule has 1 heterocycles. The van der Waals surface area contributed by atoms with E-state index in [9.17, 15) is 0 Å². The third-order valence-corrected chi connectivity index (χ3v) is 4.96. The first-order valence-corrected chi connectivity index (χ1v) is 9.77. The van der Waals surface area contributed by atoms with Gasteiger partial charge in [0, 0.05) is 16.7 Å². The zero-order chi connectivity index (χ0) is 19.2. The molecule has 0 saturated carbocycles. The highest BCUT2D eigenvalue weighted by atomic mass is 79.9. The summed E-state index contributed by atoms with van der Waals surface area (Å²) in [4.78, 5) is 4.45. The van der Waals surface area contributed by atoms with Crippen LogP contribution in [0.15, 0.2) is 47.1 Å². The predicted molar refractivity (Wildman–Crippen MR) is 114 cm³/mol. The largest absolute Gasteiger partial charge is 0.472 e. The fourth-order valence-electron chi connectivity index (χ4n) is 2.39. The van der Waals surface area contributed by atoms with Gasteiger partial charge in [0.1, 0.15) is 5.60 Å². The highest BCUT2D eigenvalue weighted by Gasteiger charge is 2.25. The molecular weight excluding hydrogens is 388 g/mol. The average molecular weight is 417 g/mol. The first-order chi connectivity index (χ1) is 12.2. The van der Waals surface area contributed by atoms with Crippen molar-refractivity contribution in [2.75, 3.05) is 6.54 Å². The number of benzene rings is 1. The fourth-order valence-corrected chi connectivity index (χ4v) is 2.66. The third kappa shape index (κ3) is 6.93. The third-order valence-electron chi connectivity index (χ3n) is 4.43. The number of halogens is 1. The van der Waals surface area contributed by atoms with E-state index in [1.807, 2.05) is 30.5 Å². The van der Waals surface area contributed by atoms with Crippen LogP contribution in [0, 0.1) is 5.41 Å². The molecule has 0 spiro atoms. The van der Waals surface area contributed by atoms with E-state index in [1.54, 1.807) is 0 Å². The van der Waals surface area contributed by atoms with Crippen LogP contribution in [0.25, 0.3) is 12.2 Å². The number of hydrogen-bond acceptors (Lipinski definition) is 3. The average Bonchev–Trinajstić information content (AvgIpc) is 2.61. The lowest BCUT2D eigenvalue weighted by molar-refractivity contribution is 0.0784. The van der Waals surface area contributed by atoms with Crippen LogP contribution in [-0.4, -0.2) is 17.1 Å². The molecule has 1 aromatic heterocycles. The minimum Gasteiger partial charge on any atom is -0.472 e. The van der Waals surface area contributed by atoms with Crippen LogP contribution in [0.3, 0.4) is 0 Å². The Morgan fingerprint density at radius 3 is 2.15 bits per heavy atom. The van der Waals surface area contributed by atoms with Crippen LogP contribution in [-0.2, 0) is 0 Å². The van der Waals surface area contributed by atoms with Gasteiger partial charge >= 0.3 is 0 Å². The van der Waals surface area contributed by atoms with E-state index in [0.717, 1.165) is 28.4 Å². The Labute approximate surface area is 165 Å². The van der Waals surface area contributed by atoms with Crippen molar-refractivity contribution >= 4 is 28.1 Å². The lowest BCUT2D eigenvalue weighted by Crippen LogP contribution is -2.32. The molecule has 1 aromatic carbocycles. The summed E-state index contributed by atoms with van der Waals surface area (Å²) >= 11 is 3.44. The molecular formula is C22H29BrN2O. The van der Waals surface area contributed by atoms with Crippen LogP contribution in [0.1, 0.15) is 51.7 Å². The monoisotopic (exact) mass is 416 g/mol. The minimum absolute atomic E-state index is 0.135. The number of rotatable bonds is 8. The molecule has 0 unspecified atom stereocenters. The lowest BCUT2D eigenvalue weighted by atomic mass is 9.84. The molecule has 2 rings (SSSR count). The van der Waals surface area contributed by atoms with Crippen molar-refractivity contribution in [2.24, 2.45) is 11.1 Å². The Balaban J connectivity index is 1.95. The molecule has 2 N–H and O–H groups in total. The zero-order valence-corrected chi connectivity index (χ0v) is 17.7. The van der Waals surface area contributed by atoms with E-state index in [0.29, 0.717) is 12.4 Å². The zero-order valence-electron chi connectivity index (χ0n) is 16.1. The van der Waals surface area contributed by atoms with Crippen LogP contribution in [0.4, 0.5) is 0 Å². The van der Waals surface area contributed by atoms with E-state index >= 15 is 0 Å². The summed E-state index contributed by atoms with van der Waals surface area (Å²) in [5, 5.41) is 0. The predicted octanol–water partition coefficient (Wildman–Crippen LogP) is 5.94. The molecule has 0 saturated heterocycles. The van der Waals surface area contributed by atoms with Crippen molar-refractivity contribution in [3.63, 3.8) is 0 Å². The Bertz CT molecular complexity index is 719. The first-order valence-electron chi connectivity index (χ1n) is 8.98. The molecule has 0 bridgehead atoms. The number of pyridine rings is 1. The van der Waals surface area contributed by atoms with Crippen molar-refractivity contribution in [3.8, 4) is 5.88 Å². The molecule has 4 heteroatoms. The van der Waals surface area contributed by atoms with Gasteiger partial charge in [-0.15, -0.1) is 0 Å². The van der Waals surface area contributed by atoms with Crippen molar-refractivity contribution < 1.29 is 4.74 Å². The highest BCUT2D eigenvalue weighted by molar-refractivity contribution is 9.10. The molecule has 26 heavy (non-hydrogen) atoms. The smallest absolute Gasteiger partial charge is 0.213 e.